The number of imidazole rings is 1. The lowest BCUT2D eigenvalue weighted by Crippen LogP contribution is -2.67. The molecule has 1 fully saturated rings. The number of aromatic nitrogens is 3. The van der Waals surface area contributed by atoms with Gasteiger partial charge in [0.05, 0.1) is 36.1 Å². The maximum Gasteiger partial charge on any atom is 0.354 e. The Morgan fingerprint density at radius 2 is 1.23 bits per heavy atom. The summed E-state index contributed by atoms with van der Waals surface area (Å²) in [4.78, 5) is 80.1. The van der Waals surface area contributed by atoms with Crippen LogP contribution >= 0.6 is 0 Å². The summed E-state index contributed by atoms with van der Waals surface area (Å²) in [6.45, 7) is 3.32. The lowest BCUT2D eigenvalue weighted by Gasteiger charge is -2.55. The molecular weight excluding hydrogens is 775 g/mol. The molecule has 4 aromatic carbocycles. The number of nitrogens with one attached hydrogen (secondary N) is 1. The summed E-state index contributed by atoms with van der Waals surface area (Å²) >= 11 is 0. The third-order valence-corrected chi connectivity index (χ3v) is 11.4. The Labute approximate surface area is 352 Å². The zero-order valence-electron chi connectivity index (χ0n) is 33.9. The Bertz CT molecular complexity index is 2650. The van der Waals surface area contributed by atoms with E-state index in [-0.39, 0.29) is 61.3 Å². The molecule has 12 heteroatoms. The molecule has 61 heavy (non-hydrogen) atoms. The van der Waals surface area contributed by atoms with Gasteiger partial charge in [0, 0.05) is 18.8 Å². The van der Waals surface area contributed by atoms with Crippen LogP contribution in [0.3, 0.4) is 0 Å². The number of aryl methyl sites for hydroxylation is 1. The van der Waals surface area contributed by atoms with Gasteiger partial charge in [0.1, 0.15) is 29.7 Å². The number of hydrogen-bond donors (Lipinski definition) is 1. The summed E-state index contributed by atoms with van der Waals surface area (Å²) in [6, 6.07) is 37.9. The molecule has 6 aromatic rings. The van der Waals surface area contributed by atoms with Crippen molar-refractivity contribution in [2.45, 2.75) is 38.9 Å². The first kappa shape index (κ1) is 40.4. The maximum atomic E-state index is 15.4. The lowest BCUT2D eigenvalue weighted by atomic mass is 9.43. The van der Waals surface area contributed by atoms with Crippen LogP contribution in [0.2, 0.25) is 0 Å². The number of hydrogen-bond acceptors (Lipinski definition) is 10. The third-order valence-electron chi connectivity index (χ3n) is 11.4. The zero-order valence-corrected chi connectivity index (χ0v) is 33.9. The number of fused-ring (bicyclic) bond motifs is 1. The molecule has 308 valence electrons. The fourth-order valence-electron chi connectivity index (χ4n) is 8.76. The molecule has 2 heterocycles. The van der Waals surface area contributed by atoms with Crippen molar-refractivity contribution in [2.24, 2.45) is 18.4 Å². The number of esters is 4. The van der Waals surface area contributed by atoms with Crippen LogP contribution in [0.15, 0.2) is 134 Å². The minimum atomic E-state index is -1.82. The quantitative estimate of drug-likeness (QED) is 0.0854. The molecule has 12 nitrogen and oxygen atoms in total. The monoisotopic (exact) mass is 817 g/mol. The fourth-order valence-corrected chi connectivity index (χ4v) is 8.76. The van der Waals surface area contributed by atoms with Crippen molar-refractivity contribution in [1.29, 1.82) is 0 Å². The number of aromatic amines is 1. The van der Waals surface area contributed by atoms with Crippen molar-refractivity contribution < 1.29 is 42.9 Å². The standard InChI is InChI=1S/C49H43N3O9/c1-4-58-45(55)36-26-35(44(54)60-28-31-18-10-6-11-19-31)40(50-36)43-51-37(27-52(43)3)48(46(56)61-29-32-20-12-7-13-21-32)30-49(47(57)59-5-2)39(34-24-16-9-17-25-34)38(41(53)42(48)49)33-22-14-8-15-23-33/h6-27,42,50H,4-5,28-30H2,1-3H3/t42?,48-,49+/m0/s1. The Morgan fingerprint density at radius 1 is 0.689 bits per heavy atom. The van der Waals surface area contributed by atoms with E-state index in [0.717, 1.165) is 5.56 Å². The number of allylic oxidation sites excluding steroid dienone is 1. The molecule has 0 radical (unpaired) electrons. The summed E-state index contributed by atoms with van der Waals surface area (Å²) in [6.07, 6.45) is 1.37. The van der Waals surface area contributed by atoms with E-state index in [9.17, 15) is 14.4 Å². The van der Waals surface area contributed by atoms with E-state index in [1.165, 1.54) is 6.07 Å². The van der Waals surface area contributed by atoms with Gasteiger partial charge in [-0.3, -0.25) is 14.4 Å². The van der Waals surface area contributed by atoms with Gasteiger partial charge >= 0.3 is 23.9 Å². The highest BCUT2D eigenvalue weighted by molar-refractivity contribution is 6.38. The minimum absolute atomic E-state index is 0.00856. The van der Waals surface area contributed by atoms with E-state index in [2.05, 4.69) is 4.98 Å². The van der Waals surface area contributed by atoms with Crippen LogP contribution in [-0.4, -0.2) is 57.4 Å². The van der Waals surface area contributed by atoms with Crippen molar-refractivity contribution in [2.75, 3.05) is 13.2 Å². The van der Waals surface area contributed by atoms with Gasteiger partial charge in [0.25, 0.3) is 0 Å². The normalized spacial score (nSPS) is 19.1. The van der Waals surface area contributed by atoms with Crippen LogP contribution in [0.5, 0.6) is 0 Å². The smallest absolute Gasteiger partial charge is 0.354 e. The molecule has 3 atom stereocenters. The molecule has 1 N–H and O–H groups in total. The molecule has 8 rings (SSSR count). The topological polar surface area (TPSA) is 156 Å². The average molecular weight is 818 g/mol. The molecule has 0 aliphatic heterocycles. The number of carbonyl (C=O) groups excluding carboxylic acids is 5. The number of H-pyrrole nitrogens is 1. The number of ketones is 1. The summed E-state index contributed by atoms with van der Waals surface area (Å²) in [5.74, 6) is -4.50. The van der Waals surface area contributed by atoms with Gasteiger partial charge in [-0.1, -0.05) is 121 Å². The molecule has 2 aliphatic rings. The van der Waals surface area contributed by atoms with Gasteiger partial charge in [-0.05, 0) is 54.2 Å². The van der Waals surface area contributed by atoms with E-state index in [0.29, 0.717) is 27.8 Å². The summed E-state index contributed by atoms with van der Waals surface area (Å²) in [7, 11) is 1.66. The molecule has 2 aromatic heterocycles. The van der Waals surface area contributed by atoms with Crippen molar-refractivity contribution in [3.8, 4) is 11.5 Å². The van der Waals surface area contributed by atoms with Gasteiger partial charge < -0.3 is 28.5 Å². The number of benzene rings is 4. The molecule has 0 bridgehead atoms. The number of nitrogens with zero attached hydrogens (tertiary/aromatic N) is 2. The SMILES string of the molecule is CCOC(=O)c1cc(C(=O)OCc2ccccc2)c(-c2nc([C@@]3(C(=O)OCc4ccccc4)C[C@@]4(C(=O)OCC)C(c5ccccc5)=C(c5ccccc5)C(=O)C43)cn2C)[nH]1. The summed E-state index contributed by atoms with van der Waals surface area (Å²) in [5, 5.41) is 0. The molecular formula is C49H43N3O9. The van der Waals surface area contributed by atoms with Gasteiger partial charge in [-0.2, -0.15) is 0 Å². The largest absolute Gasteiger partial charge is 0.465 e. The Kier molecular flexibility index (Phi) is 11.1. The Balaban J connectivity index is 1.29. The van der Waals surface area contributed by atoms with E-state index < -0.39 is 46.4 Å². The molecule has 0 spiro atoms. The number of ether oxygens (including phenoxy) is 4. The van der Waals surface area contributed by atoms with Gasteiger partial charge in [-0.25, -0.2) is 14.6 Å². The van der Waals surface area contributed by atoms with Crippen molar-refractivity contribution in [3.05, 3.63) is 173 Å². The minimum Gasteiger partial charge on any atom is -0.465 e. The van der Waals surface area contributed by atoms with Crippen LogP contribution in [0.1, 0.15) is 69.1 Å². The predicted molar refractivity (Wildman–Crippen MR) is 224 cm³/mol. The first-order valence-electron chi connectivity index (χ1n) is 20.1. The summed E-state index contributed by atoms with van der Waals surface area (Å²) in [5.41, 5.74) is 0.208. The third kappa shape index (κ3) is 7.03. The van der Waals surface area contributed by atoms with Gasteiger partial charge in [0.15, 0.2) is 11.6 Å². The highest BCUT2D eigenvalue weighted by atomic mass is 16.5. The number of rotatable bonds is 14. The molecule has 2 aliphatic carbocycles. The van der Waals surface area contributed by atoms with Crippen LogP contribution in [-0.2, 0) is 59.0 Å². The number of Topliss-reactive ketones (excluding diaryl/α,β-unsaturated/α-hetero) is 1. The van der Waals surface area contributed by atoms with Crippen LogP contribution < -0.4 is 0 Å². The lowest BCUT2D eigenvalue weighted by molar-refractivity contribution is -0.183. The first-order valence-corrected chi connectivity index (χ1v) is 20.1. The first-order chi connectivity index (χ1) is 29.6. The zero-order chi connectivity index (χ0) is 42.7. The summed E-state index contributed by atoms with van der Waals surface area (Å²) < 4.78 is 24.5. The highest BCUT2D eigenvalue weighted by Crippen LogP contribution is 2.72. The second kappa shape index (κ2) is 16.7. The van der Waals surface area contributed by atoms with Crippen molar-refractivity contribution >= 4 is 40.8 Å². The van der Waals surface area contributed by atoms with Crippen molar-refractivity contribution in [3.63, 3.8) is 0 Å². The molecule has 1 unspecified atom stereocenters. The Hall–Kier alpha value is -7.34. The van der Waals surface area contributed by atoms with E-state index >= 15 is 9.59 Å². The van der Waals surface area contributed by atoms with Crippen LogP contribution in [0, 0.1) is 11.3 Å². The molecule has 0 saturated heterocycles. The van der Waals surface area contributed by atoms with Crippen LogP contribution in [0.4, 0.5) is 0 Å². The van der Waals surface area contributed by atoms with E-state index in [1.807, 2.05) is 109 Å². The highest BCUT2D eigenvalue weighted by Gasteiger charge is 2.80. The molecule has 0 amide bonds. The second-order valence-corrected chi connectivity index (χ2v) is 15.0. The second-order valence-electron chi connectivity index (χ2n) is 15.0. The van der Waals surface area contributed by atoms with E-state index in [1.54, 1.807) is 43.8 Å². The predicted octanol–water partition coefficient (Wildman–Crippen LogP) is 7.69. The number of carbonyl (C=O) groups is 5. The van der Waals surface area contributed by atoms with Gasteiger partial charge in [0.2, 0.25) is 0 Å². The average Bonchev–Trinajstić information content (AvgIpc) is 3.95. The molecule has 1 saturated carbocycles. The van der Waals surface area contributed by atoms with E-state index in [4.69, 9.17) is 23.9 Å². The maximum absolute atomic E-state index is 15.4. The van der Waals surface area contributed by atoms with Gasteiger partial charge in [-0.15, -0.1) is 0 Å². The fraction of sp³-hybridized carbons (Fsp3) is 0.224. The van der Waals surface area contributed by atoms with Crippen molar-refractivity contribution in [1.82, 2.24) is 14.5 Å². The Morgan fingerprint density at radius 3 is 1.82 bits per heavy atom. The van der Waals surface area contributed by atoms with Crippen LogP contribution in [0.25, 0.3) is 22.7 Å².